The second-order valence-electron chi connectivity index (χ2n) is 14.0. The van der Waals surface area contributed by atoms with Crippen LogP contribution >= 0.6 is 0 Å². The number of hydrogen-bond donors (Lipinski definition) is 0. The minimum Gasteiger partial charge on any atom is -0.292 e. The molecule has 50 heavy (non-hydrogen) atoms. The molecule has 0 saturated heterocycles. The monoisotopic (exact) mass is 638 g/mol. The molecular formula is C48H34N2. The molecule has 2 nitrogen and oxygen atoms in total. The average Bonchev–Trinajstić information content (AvgIpc) is 3.67. The average molecular weight is 639 g/mol. The molecule has 0 bridgehead atoms. The lowest BCUT2D eigenvalue weighted by atomic mass is 9.80. The Morgan fingerprint density at radius 3 is 1.98 bits per heavy atom. The van der Waals surface area contributed by atoms with Crippen LogP contribution < -0.4 is 0 Å². The van der Waals surface area contributed by atoms with Gasteiger partial charge in [-0.2, -0.15) is 0 Å². The van der Waals surface area contributed by atoms with Crippen LogP contribution in [0.3, 0.4) is 0 Å². The highest BCUT2D eigenvalue weighted by Gasteiger charge is 2.37. The molecule has 1 aromatic heterocycles. The number of rotatable bonds is 4. The van der Waals surface area contributed by atoms with Gasteiger partial charge in [0.05, 0.1) is 11.0 Å². The number of nitrogens with zero attached hydrogens (tertiary/aromatic N) is 2. The zero-order chi connectivity index (χ0) is 33.4. The van der Waals surface area contributed by atoms with Gasteiger partial charge in [0.2, 0.25) is 0 Å². The third-order valence-corrected chi connectivity index (χ3v) is 10.8. The third kappa shape index (κ3) is 4.25. The number of fused-ring (bicyclic) bond motifs is 7. The summed E-state index contributed by atoms with van der Waals surface area (Å²) in [6.07, 6.45) is 0. The molecule has 0 atom stereocenters. The van der Waals surface area contributed by atoms with E-state index in [0.29, 0.717) is 0 Å². The van der Waals surface area contributed by atoms with Crippen molar-refractivity contribution in [2.75, 3.05) is 0 Å². The highest BCUT2D eigenvalue weighted by atomic mass is 15.1. The molecule has 0 N–H and O–H groups in total. The van der Waals surface area contributed by atoms with E-state index in [1.165, 1.54) is 66.1 Å². The molecule has 0 unspecified atom stereocenters. The highest BCUT2D eigenvalue weighted by Crippen LogP contribution is 2.54. The van der Waals surface area contributed by atoms with Crippen molar-refractivity contribution in [1.82, 2.24) is 9.55 Å². The predicted octanol–water partition coefficient (Wildman–Crippen LogP) is 12.6. The first kappa shape index (κ1) is 28.7. The normalized spacial score (nSPS) is 13.2. The number of hydrogen-bond acceptors (Lipinski definition) is 1. The number of imidazole rings is 1. The van der Waals surface area contributed by atoms with Crippen molar-refractivity contribution in [1.29, 1.82) is 0 Å². The summed E-state index contributed by atoms with van der Waals surface area (Å²) in [6, 6.07) is 61.7. The van der Waals surface area contributed by atoms with Crippen LogP contribution in [-0.2, 0) is 5.41 Å². The maximum Gasteiger partial charge on any atom is 0.145 e. The van der Waals surface area contributed by atoms with Crippen molar-refractivity contribution in [3.63, 3.8) is 0 Å². The van der Waals surface area contributed by atoms with Crippen LogP contribution in [0.2, 0.25) is 0 Å². The lowest BCUT2D eigenvalue weighted by molar-refractivity contribution is 0.661. The Labute approximate surface area is 291 Å². The van der Waals surface area contributed by atoms with Gasteiger partial charge >= 0.3 is 0 Å². The number of benzene rings is 8. The summed E-state index contributed by atoms with van der Waals surface area (Å²) >= 11 is 0. The van der Waals surface area contributed by atoms with E-state index in [-0.39, 0.29) is 5.41 Å². The molecule has 236 valence electrons. The van der Waals surface area contributed by atoms with E-state index in [0.717, 1.165) is 28.1 Å². The van der Waals surface area contributed by atoms with Gasteiger partial charge in [-0.05, 0) is 102 Å². The van der Waals surface area contributed by atoms with Gasteiger partial charge in [-0.25, -0.2) is 4.98 Å². The second kappa shape index (κ2) is 10.9. The molecule has 0 radical (unpaired) electrons. The van der Waals surface area contributed by atoms with Gasteiger partial charge in [0.15, 0.2) is 0 Å². The first-order valence-electron chi connectivity index (χ1n) is 17.4. The van der Waals surface area contributed by atoms with E-state index < -0.39 is 0 Å². The van der Waals surface area contributed by atoms with Crippen LogP contribution in [-0.4, -0.2) is 9.55 Å². The Hall–Kier alpha value is -6.25. The van der Waals surface area contributed by atoms with Gasteiger partial charge in [0, 0.05) is 16.7 Å². The molecule has 0 fully saturated rings. The van der Waals surface area contributed by atoms with Gasteiger partial charge < -0.3 is 0 Å². The summed E-state index contributed by atoms with van der Waals surface area (Å²) in [4.78, 5) is 5.06. The molecule has 1 heterocycles. The fourth-order valence-corrected chi connectivity index (χ4v) is 8.32. The van der Waals surface area contributed by atoms with Gasteiger partial charge in [0.1, 0.15) is 5.82 Å². The maximum absolute atomic E-state index is 5.06. The summed E-state index contributed by atoms with van der Waals surface area (Å²) in [7, 11) is 0. The number of para-hydroxylation sites is 2. The maximum atomic E-state index is 5.06. The Morgan fingerprint density at radius 2 is 1.14 bits per heavy atom. The zero-order valence-electron chi connectivity index (χ0n) is 28.1. The second-order valence-corrected chi connectivity index (χ2v) is 14.0. The van der Waals surface area contributed by atoms with Crippen LogP contribution in [0.1, 0.15) is 25.0 Å². The van der Waals surface area contributed by atoms with Gasteiger partial charge in [-0.3, -0.25) is 4.57 Å². The van der Waals surface area contributed by atoms with E-state index in [4.69, 9.17) is 4.98 Å². The molecule has 0 amide bonds. The van der Waals surface area contributed by atoms with Crippen LogP contribution in [0.4, 0.5) is 0 Å². The molecule has 0 aliphatic heterocycles. The molecule has 1 aliphatic carbocycles. The standard InChI is InChI=1S/C48H34N2/c1-48(2)42-29-34(37-20-12-16-31-13-6-7-17-36(31)37)25-28-40(42)46-39-19-9-8-18-38(39)41(30-43(46)48)32-23-26-35(27-24-32)50-45-22-11-10-21-44(45)49-47(50)33-14-4-3-5-15-33/h3-30H,1-2H3. The number of aromatic nitrogens is 2. The molecule has 10 rings (SSSR count). The lowest BCUT2D eigenvalue weighted by Gasteiger charge is -2.23. The van der Waals surface area contributed by atoms with Crippen molar-refractivity contribution in [2.45, 2.75) is 19.3 Å². The van der Waals surface area contributed by atoms with Crippen LogP contribution in [0.25, 0.3) is 83.0 Å². The zero-order valence-corrected chi connectivity index (χ0v) is 28.1. The summed E-state index contributed by atoms with van der Waals surface area (Å²) in [6.45, 7) is 4.78. The molecule has 2 heteroatoms. The summed E-state index contributed by atoms with van der Waals surface area (Å²) in [5.74, 6) is 0.949. The van der Waals surface area contributed by atoms with Gasteiger partial charge in [0.25, 0.3) is 0 Å². The van der Waals surface area contributed by atoms with Crippen molar-refractivity contribution in [3.05, 3.63) is 181 Å². The quantitative estimate of drug-likeness (QED) is 0.188. The summed E-state index contributed by atoms with van der Waals surface area (Å²) < 4.78 is 2.28. The molecular weight excluding hydrogens is 605 g/mol. The summed E-state index contributed by atoms with van der Waals surface area (Å²) in [5, 5.41) is 5.14. The van der Waals surface area contributed by atoms with E-state index >= 15 is 0 Å². The van der Waals surface area contributed by atoms with E-state index in [2.05, 4.69) is 188 Å². The molecule has 1 aliphatic rings. The third-order valence-electron chi connectivity index (χ3n) is 10.8. The van der Waals surface area contributed by atoms with Gasteiger partial charge in [-0.1, -0.05) is 147 Å². The van der Waals surface area contributed by atoms with Crippen molar-refractivity contribution < 1.29 is 0 Å². The largest absolute Gasteiger partial charge is 0.292 e. The van der Waals surface area contributed by atoms with Crippen molar-refractivity contribution in [3.8, 4) is 50.5 Å². The smallest absolute Gasteiger partial charge is 0.145 e. The predicted molar refractivity (Wildman–Crippen MR) is 210 cm³/mol. The van der Waals surface area contributed by atoms with Crippen molar-refractivity contribution in [2.24, 2.45) is 0 Å². The van der Waals surface area contributed by atoms with Crippen LogP contribution in [0.15, 0.2) is 170 Å². The fraction of sp³-hybridized carbons (Fsp3) is 0.0625. The van der Waals surface area contributed by atoms with E-state index in [1.807, 2.05) is 0 Å². The molecule has 0 saturated carbocycles. The summed E-state index contributed by atoms with van der Waals surface area (Å²) in [5.41, 5.74) is 14.6. The van der Waals surface area contributed by atoms with Crippen LogP contribution in [0.5, 0.6) is 0 Å². The molecule has 9 aromatic rings. The van der Waals surface area contributed by atoms with E-state index in [9.17, 15) is 0 Å². The lowest BCUT2D eigenvalue weighted by Crippen LogP contribution is -2.15. The topological polar surface area (TPSA) is 17.8 Å². The fourth-order valence-electron chi connectivity index (χ4n) is 8.32. The minimum absolute atomic E-state index is 0.162. The Bertz CT molecular complexity index is 2760. The Morgan fingerprint density at radius 1 is 0.460 bits per heavy atom. The first-order valence-corrected chi connectivity index (χ1v) is 17.4. The van der Waals surface area contributed by atoms with Gasteiger partial charge in [-0.15, -0.1) is 0 Å². The Balaban J connectivity index is 1.11. The molecule has 8 aromatic carbocycles. The van der Waals surface area contributed by atoms with E-state index in [1.54, 1.807) is 0 Å². The van der Waals surface area contributed by atoms with Crippen molar-refractivity contribution >= 4 is 32.6 Å². The molecule has 0 spiro atoms. The highest BCUT2D eigenvalue weighted by molar-refractivity contribution is 6.09. The minimum atomic E-state index is -0.162. The Kier molecular flexibility index (Phi) is 6.25. The first-order chi connectivity index (χ1) is 24.6. The SMILES string of the molecule is CC1(C)c2cc(-c3cccc4ccccc34)ccc2-c2c1cc(-c1ccc(-n3c(-c4ccccc4)nc4ccccc43)cc1)c1ccccc21. The van der Waals surface area contributed by atoms with Crippen LogP contribution in [0, 0.1) is 0 Å².